The van der Waals surface area contributed by atoms with Gasteiger partial charge in [0.2, 0.25) is 5.95 Å². The van der Waals surface area contributed by atoms with Crippen LogP contribution in [0.5, 0.6) is 5.75 Å². The number of halogens is 1. The van der Waals surface area contributed by atoms with E-state index < -0.39 is 0 Å². The van der Waals surface area contributed by atoms with Crippen LogP contribution in [0.15, 0.2) is 36.5 Å². The molecule has 1 N–H and O–H groups in total. The average Bonchev–Trinajstić information content (AvgIpc) is 3.23. The normalized spacial score (nSPS) is 15.5. The molecule has 0 aliphatic carbocycles. The molecule has 0 fully saturated rings. The van der Waals surface area contributed by atoms with Gasteiger partial charge in [-0.05, 0) is 79.5 Å². The van der Waals surface area contributed by atoms with Crippen LogP contribution < -0.4 is 20.3 Å². The minimum Gasteiger partial charge on any atom is -0.495 e. The second-order valence-corrected chi connectivity index (χ2v) is 11.6. The second kappa shape index (κ2) is 9.09. The Morgan fingerprint density at radius 1 is 1.06 bits per heavy atom. The number of aromatic nitrogens is 2. The minimum absolute atomic E-state index is 0.117. The maximum atomic E-state index is 6.58. The lowest BCUT2D eigenvalue weighted by atomic mass is 9.99. The Hall–Kier alpha value is -2.40. The highest BCUT2D eigenvalue weighted by molar-refractivity contribution is 7.64. The van der Waals surface area contributed by atoms with E-state index in [0.29, 0.717) is 11.0 Å². The number of nitrogens with zero attached hydrogens (tertiary/aromatic N) is 4. The zero-order valence-corrected chi connectivity index (χ0v) is 21.2. The number of hydrogen-bond donors (Lipinski definition) is 1. The van der Waals surface area contributed by atoms with Crippen LogP contribution in [0.4, 0.5) is 23.1 Å². The molecule has 1 aromatic heterocycles. The molecule has 0 spiro atoms. The van der Waals surface area contributed by atoms with E-state index in [4.69, 9.17) is 21.3 Å². The molecule has 3 aromatic rings. The molecule has 33 heavy (non-hydrogen) atoms. The molecule has 0 bridgehead atoms. The predicted molar refractivity (Wildman–Crippen MR) is 139 cm³/mol. The average molecular weight is 482 g/mol. The fourth-order valence-electron chi connectivity index (χ4n) is 4.61. The molecule has 6 nitrogen and oxygen atoms in total. The third kappa shape index (κ3) is 4.40. The fraction of sp³-hybridized carbons (Fsp3) is 0.360. The lowest BCUT2D eigenvalue weighted by molar-refractivity contribution is 0.312. The molecule has 3 heterocycles. The van der Waals surface area contributed by atoms with Gasteiger partial charge in [-0.15, -0.1) is 0 Å². The van der Waals surface area contributed by atoms with Gasteiger partial charge in [-0.25, -0.2) is 4.98 Å². The van der Waals surface area contributed by atoms with E-state index >= 15 is 0 Å². The monoisotopic (exact) mass is 481 g/mol. The Morgan fingerprint density at radius 2 is 1.88 bits per heavy atom. The molecular formula is C25H29ClN5OP. The van der Waals surface area contributed by atoms with E-state index in [1.165, 1.54) is 27.7 Å². The first-order chi connectivity index (χ1) is 15.9. The summed E-state index contributed by atoms with van der Waals surface area (Å²) >= 11 is 6.58. The number of methoxy groups -OCH3 is 1. The van der Waals surface area contributed by atoms with E-state index in [1.807, 2.05) is 0 Å². The number of nitrogens with one attached hydrogen (secondary N) is 1. The van der Waals surface area contributed by atoms with Gasteiger partial charge < -0.3 is 19.9 Å². The van der Waals surface area contributed by atoms with Crippen molar-refractivity contribution in [3.8, 4) is 5.75 Å². The number of rotatable bonds is 5. The number of anilines is 4. The Kier molecular flexibility index (Phi) is 6.17. The van der Waals surface area contributed by atoms with Crippen LogP contribution in [0.2, 0.25) is 5.02 Å². The first-order valence-electron chi connectivity index (χ1n) is 11.2. The van der Waals surface area contributed by atoms with Gasteiger partial charge in [0.15, 0.2) is 5.82 Å². The summed E-state index contributed by atoms with van der Waals surface area (Å²) in [5.74, 6) is 2.04. The van der Waals surface area contributed by atoms with Crippen molar-refractivity contribution in [1.82, 2.24) is 14.9 Å². The van der Waals surface area contributed by atoms with Crippen LogP contribution in [0, 0.1) is 0 Å². The van der Waals surface area contributed by atoms with E-state index in [9.17, 15) is 0 Å². The molecule has 0 amide bonds. The molecule has 0 saturated carbocycles. The van der Waals surface area contributed by atoms with Crippen LogP contribution in [0.3, 0.4) is 0 Å². The van der Waals surface area contributed by atoms with Crippen molar-refractivity contribution in [3.63, 3.8) is 0 Å². The summed E-state index contributed by atoms with van der Waals surface area (Å²) in [6.45, 7) is 7.41. The van der Waals surface area contributed by atoms with Gasteiger partial charge in [0.25, 0.3) is 0 Å². The van der Waals surface area contributed by atoms with Crippen LogP contribution in [-0.4, -0.2) is 55.4 Å². The van der Waals surface area contributed by atoms with Crippen molar-refractivity contribution >= 4 is 48.0 Å². The highest BCUT2D eigenvalue weighted by Gasteiger charge is 2.25. The summed E-state index contributed by atoms with van der Waals surface area (Å²) in [5, 5.41) is 5.35. The first-order valence-corrected chi connectivity index (χ1v) is 13.8. The van der Waals surface area contributed by atoms with Crippen LogP contribution in [0.1, 0.15) is 16.7 Å². The Bertz CT molecular complexity index is 1200. The summed E-state index contributed by atoms with van der Waals surface area (Å²) in [7, 11) is 3.73. The SMILES string of the molecule is COc1cc2c(cc1Nc1ncc(Cl)c(N3CCc4cc(P(C)C)ccc43)n1)CN(C)CC2. The molecule has 172 valence electrons. The Morgan fingerprint density at radius 3 is 2.67 bits per heavy atom. The van der Waals surface area contributed by atoms with Crippen molar-refractivity contribution in [2.24, 2.45) is 0 Å². The number of fused-ring (bicyclic) bond motifs is 2. The molecule has 5 rings (SSSR count). The van der Waals surface area contributed by atoms with Gasteiger partial charge >= 0.3 is 0 Å². The van der Waals surface area contributed by atoms with E-state index in [2.05, 4.69) is 70.8 Å². The predicted octanol–water partition coefficient (Wildman–Crippen LogP) is 4.93. The summed E-state index contributed by atoms with van der Waals surface area (Å²) < 4.78 is 5.67. The standard InChI is InChI=1S/C25H29ClN5OP/c1-30-9-7-16-13-23(32-2)21(12-18(16)15-30)28-25-27-14-20(26)24(29-25)31-10-8-17-11-19(33(3)4)5-6-22(17)31/h5-6,11-14H,7-10,15H2,1-4H3,(H,27,28,29). The molecule has 2 aliphatic rings. The topological polar surface area (TPSA) is 53.5 Å². The van der Waals surface area contributed by atoms with E-state index in [0.717, 1.165) is 49.7 Å². The molecule has 8 heteroatoms. The summed E-state index contributed by atoms with van der Waals surface area (Å²) in [6, 6.07) is 11.1. The summed E-state index contributed by atoms with van der Waals surface area (Å²) in [5.41, 5.74) is 6.04. The first kappa shape index (κ1) is 22.4. The summed E-state index contributed by atoms with van der Waals surface area (Å²) in [4.78, 5) is 13.8. The van der Waals surface area contributed by atoms with Gasteiger partial charge in [0.05, 0.1) is 19.0 Å². The molecule has 0 atom stereocenters. The Balaban J connectivity index is 1.46. The fourth-order valence-corrected chi connectivity index (χ4v) is 5.59. The number of hydrogen-bond acceptors (Lipinski definition) is 6. The number of likely N-dealkylation sites (N-methyl/N-ethyl adjacent to an activating group) is 1. The summed E-state index contributed by atoms with van der Waals surface area (Å²) in [6.07, 6.45) is 3.69. The van der Waals surface area contributed by atoms with Gasteiger partial charge in [0.1, 0.15) is 10.8 Å². The van der Waals surface area contributed by atoms with Crippen molar-refractivity contribution in [1.29, 1.82) is 0 Å². The van der Waals surface area contributed by atoms with Crippen molar-refractivity contribution in [2.75, 3.05) is 50.8 Å². The van der Waals surface area contributed by atoms with Crippen LogP contribution in [0.25, 0.3) is 0 Å². The zero-order chi connectivity index (χ0) is 23.1. The highest BCUT2D eigenvalue weighted by Crippen LogP contribution is 2.39. The van der Waals surface area contributed by atoms with Gasteiger partial charge in [-0.1, -0.05) is 25.6 Å². The van der Waals surface area contributed by atoms with Crippen LogP contribution >= 0.6 is 19.5 Å². The molecule has 0 unspecified atom stereocenters. The van der Waals surface area contributed by atoms with Crippen molar-refractivity contribution in [3.05, 3.63) is 58.2 Å². The van der Waals surface area contributed by atoms with Crippen molar-refractivity contribution < 1.29 is 4.74 Å². The lowest BCUT2D eigenvalue weighted by Gasteiger charge is -2.26. The van der Waals surface area contributed by atoms with Gasteiger partial charge in [0, 0.05) is 25.3 Å². The number of ether oxygens (including phenoxy) is 1. The third-order valence-electron chi connectivity index (χ3n) is 6.43. The van der Waals surface area contributed by atoms with E-state index in [1.54, 1.807) is 13.3 Å². The molecule has 0 saturated heterocycles. The second-order valence-electron chi connectivity index (χ2n) is 8.91. The van der Waals surface area contributed by atoms with Gasteiger partial charge in [-0.3, -0.25) is 0 Å². The third-order valence-corrected chi connectivity index (χ3v) is 8.01. The van der Waals surface area contributed by atoms with Gasteiger partial charge in [-0.2, -0.15) is 4.98 Å². The smallest absolute Gasteiger partial charge is 0.229 e. The molecule has 2 aromatic carbocycles. The zero-order valence-electron chi connectivity index (χ0n) is 19.5. The molecule has 2 aliphatic heterocycles. The van der Waals surface area contributed by atoms with Crippen molar-refractivity contribution in [2.45, 2.75) is 19.4 Å². The number of benzene rings is 2. The van der Waals surface area contributed by atoms with E-state index in [-0.39, 0.29) is 7.92 Å². The molecular weight excluding hydrogens is 453 g/mol. The lowest BCUT2D eigenvalue weighted by Crippen LogP contribution is -2.26. The molecule has 0 radical (unpaired) electrons. The minimum atomic E-state index is -0.117. The largest absolute Gasteiger partial charge is 0.495 e. The quantitative estimate of drug-likeness (QED) is 0.521. The maximum absolute atomic E-state index is 6.58. The highest BCUT2D eigenvalue weighted by atomic mass is 35.5. The maximum Gasteiger partial charge on any atom is 0.229 e. The van der Waals surface area contributed by atoms with Crippen LogP contribution in [-0.2, 0) is 19.4 Å². The Labute approximate surface area is 201 Å².